The Kier molecular flexibility index (Phi) is 2.41. The van der Waals surface area contributed by atoms with Crippen molar-refractivity contribution in [3.63, 3.8) is 0 Å². The number of rotatable bonds is 2. The lowest BCUT2D eigenvalue weighted by atomic mass is 10.2. The summed E-state index contributed by atoms with van der Waals surface area (Å²) in [5.74, 6) is 0.691. The summed E-state index contributed by atoms with van der Waals surface area (Å²) in [6.07, 6.45) is 1.77. The molecule has 0 aromatic carbocycles. The van der Waals surface area contributed by atoms with Crippen molar-refractivity contribution in [3.8, 4) is 22.1 Å². The van der Waals surface area contributed by atoms with Gasteiger partial charge in [-0.05, 0) is 18.5 Å². The topological polar surface area (TPSA) is 86.7 Å². The van der Waals surface area contributed by atoms with Crippen molar-refractivity contribution >= 4 is 27.8 Å². The molecule has 0 aliphatic heterocycles. The van der Waals surface area contributed by atoms with Crippen molar-refractivity contribution in [1.29, 1.82) is 0 Å². The summed E-state index contributed by atoms with van der Waals surface area (Å²) in [5, 5.41) is 23.8. The average Bonchev–Trinajstić information content (AvgIpc) is 3.16. The van der Waals surface area contributed by atoms with Crippen LogP contribution in [0.25, 0.3) is 27.1 Å². The first kappa shape index (κ1) is 11.6. The largest absolute Gasteiger partial charge is 0.272 e. The normalized spacial score (nSPS) is 11.5. The Morgan fingerprint density at radius 3 is 2.80 bits per heavy atom. The molecule has 0 amide bonds. The van der Waals surface area contributed by atoms with Crippen LogP contribution in [0.15, 0.2) is 11.6 Å². The molecule has 0 saturated carbocycles. The second-order valence-corrected chi connectivity index (χ2v) is 5.75. The Hall–Kier alpha value is -2.20. The van der Waals surface area contributed by atoms with E-state index in [1.165, 1.54) is 22.9 Å². The fourth-order valence-electron chi connectivity index (χ4n) is 1.86. The third-order valence-electron chi connectivity index (χ3n) is 3.05. The molecule has 4 aromatic rings. The highest BCUT2D eigenvalue weighted by Gasteiger charge is 2.18. The van der Waals surface area contributed by atoms with Gasteiger partial charge in [-0.2, -0.15) is 14.7 Å². The molecule has 20 heavy (non-hydrogen) atoms. The summed E-state index contributed by atoms with van der Waals surface area (Å²) in [6.45, 7) is 1.99. The molecule has 100 valence electrons. The highest BCUT2D eigenvalue weighted by Crippen LogP contribution is 2.28. The van der Waals surface area contributed by atoms with Gasteiger partial charge in [0.2, 0.25) is 4.96 Å². The van der Waals surface area contributed by atoms with Gasteiger partial charge in [-0.1, -0.05) is 15.8 Å². The van der Waals surface area contributed by atoms with Crippen molar-refractivity contribution in [3.05, 3.63) is 17.3 Å². The molecule has 4 aromatic heterocycles. The third kappa shape index (κ3) is 1.58. The molecular formula is C10H8N8S2. The maximum Gasteiger partial charge on any atom is 0.235 e. The van der Waals surface area contributed by atoms with Crippen molar-refractivity contribution in [1.82, 2.24) is 39.2 Å². The number of nitrogens with zero attached hydrogens (tertiary/aromatic N) is 8. The highest BCUT2D eigenvalue weighted by molar-refractivity contribution is 7.20. The molecule has 0 bridgehead atoms. The molecule has 8 nitrogen and oxygen atoms in total. The van der Waals surface area contributed by atoms with Crippen LogP contribution >= 0.6 is 22.9 Å². The van der Waals surface area contributed by atoms with Crippen molar-refractivity contribution in [2.75, 3.05) is 0 Å². The number of aromatic nitrogens is 8. The van der Waals surface area contributed by atoms with Gasteiger partial charge >= 0.3 is 0 Å². The Morgan fingerprint density at radius 1 is 1.20 bits per heavy atom. The van der Waals surface area contributed by atoms with Crippen LogP contribution in [0.1, 0.15) is 5.69 Å². The van der Waals surface area contributed by atoms with Crippen LogP contribution in [0, 0.1) is 6.92 Å². The van der Waals surface area contributed by atoms with Crippen LogP contribution in [0.2, 0.25) is 0 Å². The summed E-state index contributed by atoms with van der Waals surface area (Å²) in [7, 11) is 1.89. The van der Waals surface area contributed by atoms with Gasteiger partial charge < -0.3 is 0 Å². The predicted molar refractivity (Wildman–Crippen MR) is 74.5 cm³/mol. The van der Waals surface area contributed by atoms with Gasteiger partial charge in [0.25, 0.3) is 0 Å². The van der Waals surface area contributed by atoms with E-state index in [-0.39, 0.29) is 0 Å². The summed E-state index contributed by atoms with van der Waals surface area (Å²) >= 11 is 2.74. The fraction of sp³-hybridized carbons (Fsp3) is 0.200. The van der Waals surface area contributed by atoms with Crippen LogP contribution < -0.4 is 0 Å². The molecular weight excluding hydrogens is 296 g/mol. The lowest BCUT2D eigenvalue weighted by molar-refractivity contribution is 0.740. The Morgan fingerprint density at radius 2 is 2.10 bits per heavy atom. The molecule has 4 rings (SSSR count). The lowest BCUT2D eigenvalue weighted by Gasteiger charge is -1.96. The maximum absolute atomic E-state index is 4.52. The molecule has 0 aliphatic carbocycles. The zero-order valence-electron chi connectivity index (χ0n) is 10.5. The summed E-state index contributed by atoms with van der Waals surface area (Å²) in [4.78, 5) is 0.728. The van der Waals surface area contributed by atoms with Crippen molar-refractivity contribution in [2.45, 2.75) is 6.92 Å². The average molecular weight is 304 g/mol. The monoisotopic (exact) mass is 304 g/mol. The van der Waals surface area contributed by atoms with Crippen molar-refractivity contribution in [2.24, 2.45) is 7.05 Å². The molecule has 10 heteroatoms. The molecule has 0 aliphatic rings. The Balaban J connectivity index is 1.91. The minimum Gasteiger partial charge on any atom is -0.272 e. The minimum atomic E-state index is 0.691. The first-order chi connectivity index (χ1) is 9.74. The minimum absolute atomic E-state index is 0.691. The fourth-order valence-corrected chi connectivity index (χ4v) is 3.18. The molecule has 0 atom stereocenters. The first-order valence-corrected chi connectivity index (χ1v) is 7.38. The van der Waals surface area contributed by atoms with Gasteiger partial charge in [0.15, 0.2) is 10.8 Å². The predicted octanol–water partition coefficient (Wildman–Crippen LogP) is 1.41. The second kappa shape index (κ2) is 4.15. The zero-order valence-corrected chi connectivity index (χ0v) is 12.2. The molecule has 0 unspecified atom stereocenters. The molecule has 0 saturated heterocycles. The summed E-state index contributed by atoms with van der Waals surface area (Å²) in [5.41, 5.74) is 2.71. The molecule has 0 spiro atoms. The third-order valence-corrected chi connectivity index (χ3v) is 4.47. The summed E-state index contributed by atoms with van der Waals surface area (Å²) < 4.78 is 7.38. The van der Waals surface area contributed by atoms with E-state index in [4.69, 9.17) is 0 Å². The number of hydrogen-bond donors (Lipinski definition) is 0. The van der Waals surface area contributed by atoms with Crippen LogP contribution in [-0.2, 0) is 7.05 Å². The number of aryl methyl sites for hydroxylation is 1. The maximum atomic E-state index is 4.52. The van der Waals surface area contributed by atoms with Crippen LogP contribution in [0.4, 0.5) is 0 Å². The standard InChI is InChI=1S/C10H8N8S2/c1-5-6(3-11-17(5)2)8-13-14-10-18(8)15-9(20-10)7-4-19-16-12-7/h3-4H,1-2H3. The Labute approximate surface area is 120 Å². The van der Waals surface area contributed by atoms with E-state index in [0.717, 1.165) is 26.9 Å². The first-order valence-electron chi connectivity index (χ1n) is 5.72. The number of hydrogen-bond acceptors (Lipinski definition) is 8. The van der Waals surface area contributed by atoms with Crippen LogP contribution in [0.3, 0.4) is 0 Å². The summed E-state index contributed by atoms with van der Waals surface area (Å²) in [6, 6.07) is 0. The quantitative estimate of drug-likeness (QED) is 0.556. The smallest absolute Gasteiger partial charge is 0.235 e. The van der Waals surface area contributed by atoms with E-state index < -0.39 is 0 Å². The van der Waals surface area contributed by atoms with Crippen molar-refractivity contribution < 1.29 is 0 Å². The molecule has 4 heterocycles. The lowest BCUT2D eigenvalue weighted by Crippen LogP contribution is -1.95. The van der Waals surface area contributed by atoms with Gasteiger partial charge in [0, 0.05) is 18.1 Å². The van der Waals surface area contributed by atoms with Gasteiger partial charge in [-0.15, -0.1) is 15.3 Å². The molecule has 0 fully saturated rings. The van der Waals surface area contributed by atoms with Gasteiger partial charge in [-0.3, -0.25) is 4.68 Å². The van der Waals surface area contributed by atoms with E-state index in [0.29, 0.717) is 5.82 Å². The van der Waals surface area contributed by atoms with Gasteiger partial charge in [0.1, 0.15) is 5.69 Å². The van der Waals surface area contributed by atoms with Gasteiger partial charge in [0.05, 0.1) is 11.8 Å². The molecule has 0 N–H and O–H groups in total. The van der Waals surface area contributed by atoms with E-state index in [1.807, 2.05) is 19.4 Å². The molecule has 0 radical (unpaired) electrons. The van der Waals surface area contributed by atoms with E-state index in [9.17, 15) is 0 Å². The zero-order chi connectivity index (χ0) is 13.7. The van der Waals surface area contributed by atoms with Gasteiger partial charge in [-0.25, -0.2) is 0 Å². The number of fused-ring (bicyclic) bond motifs is 1. The second-order valence-electron chi connectivity index (χ2n) is 4.18. The Bertz CT molecular complexity index is 884. The van der Waals surface area contributed by atoms with E-state index >= 15 is 0 Å². The van der Waals surface area contributed by atoms with E-state index in [1.54, 1.807) is 15.4 Å². The SMILES string of the molecule is Cc1c(-c2nnc3sc(-c4csnn4)nn23)cnn1C. The van der Waals surface area contributed by atoms with Crippen LogP contribution in [0.5, 0.6) is 0 Å². The highest BCUT2D eigenvalue weighted by atomic mass is 32.1. The van der Waals surface area contributed by atoms with E-state index in [2.05, 4.69) is 30.0 Å². The van der Waals surface area contributed by atoms with Crippen LogP contribution in [-0.4, -0.2) is 39.2 Å².